The normalized spacial score (nSPS) is 13.8. The Hall–Kier alpha value is -2.67. The summed E-state index contributed by atoms with van der Waals surface area (Å²) in [6.07, 6.45) is 0.367. The van der Waals surface area contributed by atoms with Gasteiger partial charge in [0.05, 0.1) is 23.9 Å². The summed E-state index contributed by atoms with van der Waals surface area (Å²) in [4.78, 5) is 2.29. The zero-order valence-electron chi connectivity index (χ0n) is 21.4. The zero-order valence-corrected chi connectivity index (χ0v) is 21.4. The molecule has 0 saturated carbocycles. The number of ether oxygens (including phenoxy) is 2. The molecule has 0 spiro atoms. The minimum atomic E-state index is -0.594. The summed E-state index contributed by atoms with van der Waals surface area (Å²) < 4.78 is 14.0. The summed E-state index contributed by atoms with van der Waals surface area (Å²) in [5, 5.41) is 15.6. The van der Waals surface area contributed by atoms with Gasteiger partial charge in [-0.15, -0.1) is 0 Å². The van der Waals surface area contributed by atoms with Crippen molar-refractivity contribution < 1.29 is 14.6 Å². The summed E-state index contributed by atoms with van der Waals surface area (Å²) in [7, 11) is 1.91. The second-order valence-corrected chi connectivity index (χ2v) is 9.80. The van der Waals surface area contributed by atoms with Crippen LogP contribution < -0.4 is 4.74 Å². The van der Waals surface area contributed by atoms with Crippen molar-refractivity contribution in [2.75, 3.05) is 13.2 Å². The van der Waals surface area contributed by atoms with Crippen molar-refractivity contribution in [2.45, 2.75) is 65.3 Å². The van der Waals surface area contributed by atoms with Gasteiger partial charge in [-0.3, -0.25) is 4.90 Å². The zero-order chi connectivity index (χ0) is 24.7. The first-order valence-corrected chi connectivity index (χ1v) is 12.1. The standard InChI is InChI=1S/C28H39N3O3/c1-7-21(2)31(18-23(32)20-33-28(3,4)5)19-25-26(22-14-10-8-11-15-22)29-30(6)27(25)34-24-16-12-9-13-17-24/h8-17,21,23,32H,7,18-20H2,1-6H3/t21-,23+/m0/s1. The number of benzene rings is 2. The molecule has 0 saturated heterocycles. The van der Waals surface area contributed by atoms with Crippen molar-refractivity contribution in [3.05, 3.63) is 66.2 Å². The van der Waals surface area contributed by atoms with E-state index in [1.54, 1.807) is 4.68 Å². The molecule has 184 valence electrons. The highest BCUT2D eigenvalue weighted by atomic mass is 16.5. The van der Waals surface area contributed by atoms with Gasteiger partial charge in [-0.2, -0.15) is 5.10 Å². The number of aliphatic hydroxyl groups is 1. The quantitative estimate of drug-likeness (QED) is 0.396. The van der Waals surface area contributed by atoms with Crippen molar-refractivity contribution in [3.63, 3.8) is 0 Å². The molecular formula is C28H39N3O3. The Morgan fingerprint density at radius 3 is 2.24 bits per heavy atom. The SMILES string of the molecule is CC[C@H](C)N(Cc1c(-c2ccccc2)nn(C)c1Oc1ccccc1)C[C@@H](O)COC(C)(C)C. The topological polar surface area (TPSA) is 59.8 Å². The van der Waals surface area contributed by atoms with Crippen LogP contribution in [0.15, 0.2) is 60.7 Å². The fraction of sp³-hybridized carbons (Fsp3) is 0.464. The average Bonchev–Trinajstić information content (AvgIpc) is 3.12. The molecule has 1 N–H and O–H groups in total. The summed E-state index contributed by atoms with van der Waals surface area (Å²) in [5.74, 6) is 1.47. The molecule has 6 heteroatoms. The number of rotatable bonds is 11. The van der Waals surface area contributed by atoms with Gasteiger partial charge in [-0.05, 0) is 46.2 Å². The van der Waals surface area contributed by atoms with Crippen molar-refractivity contribution >= 4 is 0 Å². The summed E-state index contributed by atoms with van der Waals surface area (Å²) in [6.45, 7) is 11.7. The second kappa shape index (κ2) is 11.6. The smallest absolute Gasteiger partial charge is 0.222 e. The molecule has 0 unspecified atom stereocenters. The van der Waals surface area contributed by atoms with Gasteiger partial charge in [-0.25, -0.2) is 4.68 Å². The van der Waals surface area contributed by atoms with E-state index in [1.807, 2.05) is 76.3 Å². The van der Waals surface area contributed by atoms with E-state index in [-0.39, 0.29) is 11.6 Å². The summed E-state index contributed by atoms with van der Waals surface area (Å²) in [5.41, 5.74) is 2.64. The van der Waals surface area contributed by atoms with Crippen molar-refractivity contribution in [2.24, 2.45) is 7.05 Å². The van der Waals surface area contributed by atoms with Crippen LogP contribution in [0.5, 0.6) is 11.6 Å². The highest BCUT2D eigenvalue weighted by Crippen LogP contribution is 2.34. The third kappa shape index (κ3) is 7.16. The monoisotopic (exact) mass is 465 g/mol. The van der Waals surface area contributed by atoms with Crippen molar-refractivity contribution in [1.29, 1.82) is 0 Å². The number of hydrogen-bond acceptors (Lipinski definition) is 5. The molecule has 2 aromatic carbocycles. The molecule has 0 aliphatic rings. The predicted molar refractivity (Wildman–Crippen MR) is 137 cm³/mol. The Morgan fingerprint density at radius 1 is 1.03 bits per heavy atom. The van der Waals surface area contributed by atoms with Crippen LogP contribution in [0, 0.1) is 0 Å². The largest absolute Gasteiger partial charge is 0.439 e. The third-order valence-electron chi connectivity index (χ3n) is 5.82. The van der Waals surface area contributed by atoms with Crippen LogP contribution in [-0.4, -0.2) is 50.7 Å². The molecule has 0 aliphatic carbocycles. The van der Waals surface area contributed by atoms with Crippen molar-refractivity contribution in [3.8, 4) is 22.9 Å². The Balaban J connectivity index is 1.95. The lowest BCUT2D eigenvalue weighted by Gasteiger charge is -2.31. The first-order chi connectivity index (χ1) is 16.2. The van der Waals surface area contributed by atoms with E-state index in [9.17, 15) is 5.11 Å². The lowest BCUT2D eigenvalue weighted by Crippen LogP contribution is -2.41. The van der Waals surface area contributed by atoms with Crippen molar-refractivity contribution in [1.82, 2.24) is 14.7 Å². The third-order valence-corrected chi connectivity index (χ3v) is 5.82. The van der Waals surface area contributed by atoms with Gasteiger partial charge in [0.2, 0.25) is 5.88 Å². The van der Waals surface area contributed by atoms with Crippen LogP contribution in [0.1, 0.15) is 46.6 Å². The number of para-hydroxylation sites is 1. The van der Waals surface area contributed by atoms with Gasteiger partial charge < -0.3 is 14.6 Å². The van der Waals surface area contributed by atoms with E-state index in [0.29, 0.717) is 25.6 Å². The molecular weight excluding hydrogens is 426 g/mol. The van der Waals surface area contributed by atoms with Gasteiger partial charge in [-0.1, -0.05) is 55.5 Å². The van der Waals surface area contributed by atoms with Crippen LogP contribution in [0.4, 0.5) is 0 Å². The maximum atomic E-state index is 10.8. The van der Waals surface area contributed by atoms with E-state index in [2.05, 4.69) is 30.9 Å². The highest BCUT2D eigenvalue weighted by Gasteiger charge is 2.26. The lowest BCUT2D eigenvalue weighted by molar-refractivity contribution is -0.0593. The summed E-state index contributed by atoms with van der Waals surface area (Å²) >= 11 is 0. The molecule has 0 bridgehead atoms. The van der Waals surface area contributed by atoms with Gasteiger partial charge in [0.15, 0.2) is 0 Å². The molecule has 6 nitrogen and oxygen atoms in total. The molecule has 2 atom stereocenters. The number of nitrogens with zero attached hydrogens (tertiary/aromatic N) is 3. The maximum Gasteiger partial charge on any atom is 0.222 e. The second-order valence-electron chi connectivity index (χ2n) is 9.80. The molecule has 3 aromatic rings. The Bertz CT molecular complexity index is 1010. The Morgan fingerprint density at radius 2 is 1.65 bits per heavy atom. The number of aromatic nitrogens is 2. The molecule has 1 heterocycles. The fourth-order valence-electron chi connectivity index (χ4n) is 3.78. The number of hydrogen-bond donors (Lipinski definition) is 1. The van der Waals surface area contributed by atoms with E-state index in [4.69, 9.17) is 14.6 Å². The molecule has 0 fully saturated rings. The minimum absolute atomic E-state index is 0.262. The molecule has 3 rings (SSSR count). The van der Waals surface area contributed by atoms with E-state index >= 15 is 0 Å². The van der Waals surface area contributed by atoms with Crippen LogP contribution in [0.2, 0.25) is 0 Å². The lowest BCUT2D eigenvalue weighted by atomic mass is 10.1. The molecule has 1 aromatic heterocycles. The van der Waals surface area contributed by atoms with Gasteiger partial charge in [0.1, 0.15) is 11.4 Å². The minimum Gasteiger partial charge on any atom is -0.439 e. The first kappa shape index (κ1) is 25.9. The molecule has 0 amide bonds. The highest BCUT2D eigenvalue weighted by molar-refractivity contribution is 5.65. The average molecular weight is 466 g/mol. The Kier molecular flexibility index (Phi) is 8.89. The van der Waals surface area contributed by atoms with E-state index in [0.717, 1.165) is 29.0 Å². The number of aliphatic hydroxyl groups excluding tert-OH is 1. The molecule has 0 aliphatic heterocycles. The Labute approximate surface area is 204 Å². The molecule has 34 heavy (non-hydrogen) atoms. The fourth-order valence-corrected chi connectivity index (χ4v) is 3.78. The first-order valence-electron chi connectivity index (χ1n) is 12.1. The summed E-state index contributed by atoms with van der Waals surface area (Å²) in [6, 6.07) is 20.2. The van der Waals surface area contributed by atoms with Crippen LogP contribution in [0.25, 0.3) is 11.3 Å². The van der Waals surface area contributed by atoms with Gasteiger partial charge >= 0.3 is 0 Å². The predicted octanol–water partition coefficient (Wildman–Crippen LogP) is 5.66. The van der Waals surface area contributed by atoms with E-state index in [1.165, 1.54) is 0 Å². The number of aryl methyl sites for hydroxylation is 1. The van der Waals surface area contributed by atoms with Crippen LogP contribution in [0.3, 0.4) is 0 Å². The maximum absolute atomic E-state index is 10.8. The van der Waals surface area contributed by atoms with E-state index < -0.39 is 6.10 Å². The van der Waals surface area contributed by atoms with Gasteiger partial charge in [0.25, 0.3) is 0 Å². The van der Waals surface area contributed by atoms with Crippen LogP contribution >= 0.6 is 0 Å². The van der Waals surface area contributed by atoms with Crippen LogP contribution in [-0.2, 0) is 18.3 Å². The van der Waals surface area contributed by atoms with Gasteiger partial charge in [0, 0.05) is 31.7 Å². The molecule has 0 radical (unpaired) electrons.